The molecule has 2 N–H and O–H groups in total. The van der Waals surface area contributed by atoms with Gasteiger partial charge in [-0.25, -0.2) is 9.59 Å². The number of hydrogen-bond acceptors (Lipinski definition) is 8. The second-order valence-corrected chi connectivity index (χ2v) is 11.3. The number of alkyl carbamates (subject to hydrolysis) is 1. The Morgan fingerprint density at radius 3 is 2.47 bits per heavy atom. The van der Waals surface area contributed by atoms with Crippen LogP contribution in [0.15, 0.2) is 22.4 Å². The van der Waals surface area contributed by atoms with E-state index in [1.54, 1.807) is 41.5 Å². The predicted molar refractivity (Wildman–Crippen MR) is 136 cm³/mol. The highest BCUT2D eigenvalue weighted by Gasteiger charge is 2.30. The quantitative estimate of drug-likeness (QED) is 0.144. The summed E-state index contributed by atoms with van der Waals surface area (Å²) >= 11 is 1.39. The van der Waals surface area contributed by atoms with E-state index >= 15 is 0 Å². The molecule has 1 aromatic rings. The van der Waals surface area contributed by atoms with Crippen LogP contribution in [0.25, 0.3) is 0 Å². The summed E-state index contributed by atoms with van der Waals surface area (Å²) in [5.74, 6) is -0.334. The Morgan fingerprint density at radius 2 is 1.86 bits per heavy atom. The van der Waals surface area contributed by atoms with E-state index in [-0.39, 0.29) is 17.2 Å². The summed E-state index contributed by atoms with van der Waals surface area (Å²) < 4.78 is 19.2. The summed E-state index contributed by atoms with van der Waals surface area (Å²) in [6, 6.07) is 0. The molecule has 1 aliphatic rings. The molecular formula is C23H37N6O6S+. The fraction of sp³-hybridized carbons (Fsp3) is 0.652. The minimum absolute atomic E-state index is 0.0540. The molecule has 2 rings (SSSR count). The Hall–Kier alpha value is -3.09. The Morgan fingerprint density at radius 1 is 1.19 bits per heavy atom. The number of carbonyl (C=O) groups is 3. The molecule has 1 atom stereocenters. The number of aliphatic imine (C=N–C) groups is 2. The van der Waals surface area contributed by atoms with Crippen LogP contribution in [-0.2, 0) is 32.6 Å². The molecule has 0 fully saturated rings. The zero-order valence-corrected chi connectivity index (χ0v) is 23.0. The maximum absolute atomic E-state index is 12.2. The third-order valence-corrected chi connectivity index (χ3v) is 5.67. The monoisotopic (exact) mass is 525 g/mol. The van der Waals surface area contributed by atoms with Gasteiger partial charge >= 0.3 is 18.2 Å². The standard InChI is InChI=1S/C23H36N6O6S/c1-22(2,3)34-20(31)26-19(27-21(32)35-23(4,5)6)24-10-9-11-29-14-15(13-28(29)7)17-25-12-16(36-17)18(30)33-8/h13-14,16H,9-12H2,1-8H3,(H-,24,26,27,31,32)/p+1. The summed E-state index contributed by atoms with van der Waals surface area (Å²) in [5, 5.41) is 5.91. The normalized spacial score (nSPS) is 16.3. The van der Waals surface area contributed by atoms with Crippen LogP contribution < -0.4 is 15.3 Å². The molecule has 1 unspecified atom stereocenters. The van der Waals surface area contributed by atoms with Crippen molar-refractivity contribution in [3.05, 3.63) is 18.0 Å². The maximum Gasteiger partial charge on any atom is 0.437 e. The van der Waals surface area contributed by atoms with Crippen LogP contribution in [-0.4, -0.2) is 70.5 Å². The van der Waals surface area contributed by atoms with E-state index in [9.17, 15) is 14.4 Å². The first-order valence-corrected chi connectivity index (χ1v) is 12.5. The number of aromatic nitrogens is 2. The molecule has 0 radical (unpaired) electrons. The number of rotatable bonds is 6. The van der Waals surface area contributed by atoms with Crippen LogP contribution in [0.4, 0.5) is 9.59 Å². The topological polar surface area (TPSA) is 136 Å². The number of amides is 2. The average Bonchev–Trinajstić information content (AvgIpc) is 3.34. The largest absolute Gasteiger partial charge is 0.468 e. The van der Waals surface area contributed by atoms with Gasteiger partial charge in [0.05, 0.1) is 32.0 Å². The van der Waals surface area contributed by atoms with Crippen molar-refractivity contribution in [3.8, 4) is 0 Å². The Bertz CT molecular complexity index is 1020. The van der Waals surface area contributed by atoms with Gasteiger partial charge in [-0.3, -0.25) is 15.1 Å². The van der Waals surface area contributed by atoms with Crippen LogP contribution in [0.3, 0.4) is 0 Å². The Balaban J connectivity index is 1.96. The summed E-state index contributed by atoms with van der Waals surface area (Å²) in [7, 11) is 3.28. The van der Waals surface area contributed by atoms with E-state index < -0.39 is 23.4 Å². The van der Waals surface area contributed by atoms with E-state index in [2.05, 4.69) is 20.6 Å². The molecule has 1 aliphatic heterocycles. The zero-order chi connectivity index (χ0) is 27.1. The first kappa shape index (κ1) is 29.1. The second-order valence-electron chi connectivity index (χ2n) is 10.1. The molecule has 0 saturated carbocycles. The van der Waals surface area contributed by atoms with E-state index in [1.807, 2.05) is 28.8 Å². The van der Waals surface area contributed by atoms with Crippen LogP contribution in [0, 0.1) is 0 Å². The molecule has 200 valence electrons. The number of hydrogen-bond donors (Lipinski definition) is 2. The van der Waals surface area contributed by atoms with Gasteiger partial charge in [0.25, 0.3) is 0 Å². The molecule has 0 saturated heterocycles. The van der Waals surface area contributed by atoms with Crippen molar-refractivity contribution < 1.29 is 33.3 Å². The number of esters is 1. The van der Waals surface area contributed by atoms with Gasteiger partial charge in [0.1, 0.15) is 21.5 Å². The van der Waals surface area contributed by atoms with Gasteiger partial charge in [-0.2, -0.15) is 4.68 Å². The molecule has 36 heavy (non-hydrogen) atoms. The molecule has 12 nitrogen and oxygen atoms in total. The molecule has 0 aromatic carbocycles. The van der Waals surface area contributed by atoms with Crippen molar-refractivity contribution in [3.63, 3.8) is 0 Å². The number of aryl methyl sites for hydroxylation is 2. The Labute approximate surface area is 215 Å². The molecule has 2 heterocycles. The smallest absolute Gasteiger partial charge is 0.437 e. The predicted octanol–water partition coefficient (Wildman–Crippen LogP) is 2.14. The average molecular weight is 526 g/mol. The number of nitrogens with one attached hydrogen (secondary N) is 2. The molecule has 13 heteroatoms. The zero-order valence-electron chi connectivity index (χ0n) is 22.2. The number of methoxy groups -OCH3 is 1. The van der Waals surface area contributed by atoms with Gasteiger partial charge in [0.15, 0.2) is 7.05 Å². The van der Waals surface area contributed by atoms with Gasteiger partial charge in [-0.1, -0.05) is 11.8 Å². The van der Waals surface area contributed by atoms with Gasteiger partial charge in [-0.05, 0) is 48.0 Å². The molecule has 0 bridgehead atoms. The minimum Gasteiger partial charge on any atom is -0.468 e. The number of ether oxygens (including phenoxy) is 3. The summed E-state index contributed by atoms with van der Waals surface area (Å²) in [6.45, 7) is 11.8. The van der Waals surface area contributed by atoms with Crippen LogP contribution in [0.5, 0.6) is 0 Å². The highest BCUT2D eigenvalue weighted by atomic mass is 32.2. The van der Waals surface area contributed by atoms with Crippen molar-refractivity contribution in [2.45, 2.75) is 71.0 Å². The van der Waals surface area contributed by atoms with Crippen LogP contribution in [0.1, 0.15) is 53.5 Å². The lowest BCUT2D eigenvalue weighted by molar-refractivity contribution is -0.753. The van der Waals surface area contributed by atoms with Gasteiger partial charge in [0.2, 0.25) is 12.2 Å². The van der Waals surface area contributed by atoms with Crippen LogP contribution >= 0.6 is 11.8 Å². The lowest BCUT2D eigenvalue weighted by Gasteiger charge is -2.21. The molecule has 0 aliphatic carbocycles. The van der Waals surface area contributed by atoms with Crippen molar-refractivity contribution in [1.82, 2.24) is 15.3 Å². The number of carbonyl (C=O) groups excluding carboxylic acids is 3. The first-order chi connectivity index (χ1) is 16.7. The summed E-state index contributed by atoms with van der Waals surface area (Å²) in [6.07, 6.45) is 2.98. The lowest BCUT2D eigenvalue weighted by atomic mass is 10.2. The Kier molecular flexibility index (Phi) is 9.91. The molecule has 2 amide bonds. The molecular weight excluding hydrogens is 488 g/mol. The van der Waals surface area contributed by atoms with Gasteiger partial charge in [-0.15, -0.1) is 9.67 Å². The maximum atomic E-state index is 12.2. The molecule has 1 aromatic heterocycles. The third kappa shape index (κ3) is 9.88. The van der Waals surface area contributed by atoms with Crippen molar-refractivity contribution in [1.29, 1.82) is 0 Å². The summed E-state index contributed by atoms with van der Waals surface area (Å²) in [5.41, 5.74) is -0.515. The summed E-state index contributed by atoms with van der Waals surface area (Å²) in [4.78, 5) is 44.4. The second kappa shape index (κ2) is 12.2. The fourth-order valence-corrected chi connectivity index (χ4v) is 4.02. The van der Waals surface area contributed by atoms with E-state index in [4.69, 9.17) is 14.2 Å². The van der Waals surface area contributed by atoms with Gasteiger partial charge in [0, 0.05) is 6.54 Å². The number of guanidine groups is 1. The fourth-order valence-electron chi connectivity index (χ4n) is 3.02. The van der Waals surface area contributed by atoms with E-state index in [0.717, 1.165) is 10.6 Å². The van der Waals surface area contributed by atoms with Gasteiger partial charge < -0.3 is 19.5 Å². The highest BCUT2D eigenvalue weighted by molar-refractivity contribution is 8.15. The van der Waals surface area contributed by atoms with Crippen molar-refractivity contribution in [2.24, 2.45) is 17.0 Å². The van der Waals surface area contributed by atoms with Crippen LogP contribution in [0.2, 0.25) is 0 Å². The SMILES string of the molecule is COC(=O)C1CN=C(c2cn(CCCN/C(=N/C(=O)OC(C)(C)C)NC(=O)OC(C)(C)C)[n+](C)c2)S1. The highest BCUT2D eigenvalue weighted by Crippen LogP contribution is 2.26. The minimum atomic E-state index is -0.831. The van der Waals surface area contributed by atoms with Crippen molar-refractivity contribution >= 4 is 40.9 Å². The number of nitrogens with zero attached hydrogens (tertiary/aromatic N) is 4. The first-order valence-electron chi connectivity index (χ1n) is 11.6. The lowest BCUT2D eigenvalue weighted by Crippen LogP contribution is -2.45. The molecule has 0 spiro atoms. The van der Waals surface area contributed by atoms with E-state index in [0.29, 0.717) is 26.1 Å². The van der Waals surface area contributed by atoms with E-state index in [1.165, 1.54) is 18.9 Å². The number of thioether (sulfide) groups is 1. The van der Waals surface area contributed by atoms with Crippen molar-refractivity contribution in [2.75, 3.05) is 20.2 Å². The third-order valence-electron chi connectivity index (χ3n) is 4.46.